The van der Waals surface area contributed by atoms with Crippen LogP contribution in [0, 0.1) is 6.92 Å². The molecule has 1 N–H and O–H groups in total. The van der Waals surface area contributed by atoms with Crippen molar-refractivity contribution in [2.75, 3.05) is 16.8 Å². The second-order valence-electron chi connectivity index (χ2n) is 10.1. The van der Waals surface area contributed by atoms with Gasteiger partial charge in [0.1, 0.15) is 17.7 Å². The molecule has 0 spiro atoms. The molecule has 2 aromatic carbocycles. The first kappa shape index (κ1) is 25.7. The SMILES string of the molecule is Cc1c(NC(=O)OC(C)(C)C)ccc2nc(N(CC(=O)OC(C)(C)C)c3ccccc3)oc(=O)c12. The van der Waals surface area contributed by atoms with Crippen LogP contribution in [0.15, 0.2) is 51.7 Å². The molecule has 0 atom stereocenters. The topological polar surface area (TPSA) is 111 Å². The molecule has 3 aromatic rings. The lowest BCUT2D eigenvalue weighted by atomic mass is 10.1. The third kappa shape index (κ3) is 6.81. The fourth-order valence-corrected chi connectivity index (χ4v) is 3.35. The maximum atomic E-state index is 13.0. The van der Waals surface area contributed by atoms with Crippen molar-refractivity contribution in [2.45, 2.75) is 59.7 Å². The molecular formula is C26H31N3O6. The highest BCUT2D eigenvalue weighted by molar-refractivity contribution is 5.93. The molecule has 9 heteroatoms. The number of anilines is 3. The van der Waals surface area contributed by atoms with Gasteiger partial charge in [0.05, 0.1) is 10.9 Å². The third-order valence-corrected chi connectivity index (χ3v) is 4.69. The van der Waals surface area contributed by atoms with Crippen LogP contribution in [0.4, 0.5) is 22.2 Å². The van der Waals surface area contributed by atoms with Crippen molar-refractivity contribution >= 4 is 40.4 Å². The molecule has 0 aliphatic rings. The van der Waals surface area contributed by atoms with Gasteiger partial charge in [0.15, 0.2) is 0 Å². The number of amides is 1. The van der Waals surface area contributed by atoms with Gasteiger partial charge in [-0.15, -0.1) is 0 Å². The van der Waals surface area contributed by atoms with Crippen molar-refractivity contribution in [1.82, 2.24) is 4.98 Å². The van der Waals surface area contributed by atoms with Crippen molar-refractivity contribution < 1.29 is 23.5 Å². The smallest absolute Gasteiger partial charge is 0.412 e. The van der Waals surface area contributed by atoms with Gasteiger partial charge in [0.2, 0.25) is 0 Å². The third-order valence-electron chi connectivity index (χ3n) is 4.69. The molecule has 1 aromatic heterocycles. The van der Waals surface area contributed by atoms with E-state index in [0.29, 0.717) is 22.5 Å². The highest BCUT2D eigenvalue weighted by atomic mass is 16.6. The van der Waals surface area contributed by atoms with E-state index in [1.54, 1.807) is 84.9 Å². The maximum absolute atomic E-state index is 13.0. The lowest BCUT2D eigenvalue weighted by Gasteiger charge is -2.25. The van der Waals surface area contributed by atoms with E-state index in [4.69, 9.17) is 13.9 Å². The van der Waals surface area contributed by atoms with E-state index in [-0.39, 0.29) is 17.9 Å². The number of nitrogens with zero attached hydrogens (tertiary/aromatic N) is 2. The molecule has 0 aliphatic heterocycles. The number of para-hydroxylation sites is 1. The number of carbonyl (C=O) groups is 2. The summed E-state index contributed by atoms with van der Waals surface area (Å²) in [6, 6.07) is 12.2. The summed E-state index contributed by atoms with van der Waals surface area (Å²) in [7, 11) is 0. The fraction of sp³-hybridized carbons (Fsp3) is 0.385. The predicted octanol–water partition coefficient (Wildman–Crippen LogP) is 5.32. The molecule has 0 radical (unpaired) electrons. The number of hydrogen-bond acceptors (Lipinski definition) is 8. The number of fused-ring (bicyclic) bond motifs is 1. The number of benzene rings is 2. The van der Waals surface area contributed by atoms with Crippen LogP contribution in [0.3, 0.4) is 0 Å². The number of nitrogens with one attached hydrogen (secondary N) is 1. The minimum atomic E-state index is -0.675. The maximum Gasteiger partial charge on any atom is 0.412 e. The van der Waals surface area contributed by atoms with E-state index < -0.39 is 28.9 Å². The van der Waals surface area contributed by atoms with Crippen molar-refractivity contribution in [2.24, 2.45) is 0 Å². The highest BCUT2D eigenvalue weighted by Crippen LogP contribution is 2.28. The summed E-state index contributed by atoms with van der Waals surface area (Å²) < 4.78 is 16.3. The van der Waals surface area contributed by atoms with Crippen LogP contribution in [-0.2, 0) is 14.3 Å². The number of aryl methyl sites for hydroxylation is 1. The van der Waals surface area contributed by atoms with Gasteiger partial charge in [-0.2, -0.15) is 4.98 Å². The number of hydrogen-bond donors (Lipinski definition) is 1. The molecule has 0 saturated carbocycles. The number of carbonyl (C=O) groups excluding carboxylic acids is 2. The van der Waals surface area contributed by atoms with Crippen LogP contribution in [0.25, 0.3) is 10.9 Å². The molecule has 0 unspecified atom stereocenters. The van der Waals surface area contributed by atoms with E-state index >= 15 is 0 Å². The standard InChI is InChI=1S/C26H31N3O6/c1-16-18(28-24(32)35-26(5,6)7)13-14-19-21(16)22(31)33-23(27-19)29(17-11-9-8-10-12-17)15-20(30)34-25(2,3)4/h8-14H,15H2,1-7H3,(H,28,32). The van der Waals surface area contributed by atoms with Crippen molar-refractivity contribution in [3.63, 3.8) is 0 Å². The van der Waals surface area contributed by atoms with Crippen molar-refractivity contribution in [1.29, 1.82) is 0 Å². The van der Waals surface area contributed by atoms with Crippen LogP contribution in [-0.4, -0.2) is 34.8 Å². The molecule has 0 fully saturated rings. The Morgan fingerprint density at radius 2 is 1.60 bits per heavy atom. The van der Waals surface area contributed by atoms with Crippen LogP contribution < -0.4 is 15.8 Å². The number of ether oxygens (including phenoxy) is 2. The van der Waals surface area contributed by atoms with Gasteiger partial charge in [-0.25, -0.2) is 9.59 Å². The zero-order chi connectivity index (χ0) is 26.0. The van der Waals surface area contributed by atoms with E-state index in [2.05, 4.69) is 10.3 Å². The normalized spacial score (nSPS) is 11.7. The van der Waals surface area contributed by atoms with Gasteiger partial charge in [-0.1, -0.05) is 18.2 Å². The van der Waals surface area contributed by atoms with Gasteiger partial charge < -0.3 is 13.9 Å². The van der Waals surface area contributed by atoms with E-state index in [1.165, 1.54) is 4.90 Å². The Bertz CT molecular complexity index is 1290. The summed E-state index contributed by atoms with van der Waals surface area (Å²) in [6.45, 7) is 12.1. The summed E-state index contributed by atoms with van der Waals surface area (Å²) in [5.74, 6) is -0.501. The Balaban J connectivity index is 2.01. The summed E-state index contributed by atoms with van der Waals surface area (Å²) in [4.78, 5) is 43.8. The van der Waals surface area contributed by atoms with Gasteiger partial charge in [-0.3, -0.25) is 15.0 Å². The summed E-state index contributed by atoms with van der Waals surface area (Å²) >= 11 is 0. The monoisotopic (exact) mass is 481 g/mol. The summed E-state index contributed by atoms with van der Waals surface area (Å²) in [5.41, 5.74) is -0.144. The first-order chi connectivity index (χ1) is 16.2. The molecule has 0 bridgehead atoms. The Morgan fingerprint density at radius 3 is 2.20 bits per heavy atom. The van der Waals surface area contributed by atoms with E-state index in [9.17, 15) is 14.4 Å². The first-order valence-corrected chi connectivity index (χ1v) is 11.2. The molecule has 0 saturated heterocycles. The number of esters is 1. The molecule has 1 heterocycles. The largest absolute Gasteiger partial charge is 0.459 e. The highest BCUT2D eigenvalue weighted by Gasteiger charge is 2.24. The molecule has 0 aliphatic carbocycles. The second kappa shape index (κ2) is 9.77. The summed E-state index contributed by atoms with van der Waals surface area (Å²) in [6.07, 6.45) is -0.637. The average molecular weight is 482 g/mol. The van der Waals surface area contributed by atoms with Gasteiger partial charge in [0, 0.05) is 11.4 Å². The van der Waals surface area contributed by atoms with E-state index in [0.717, 1.165) is 0 Å². The lowest BCUT2D eigenvalue weighted by Crippen LogP contribution is -2.33. The predicted molar refractivity (Wildman–Crippen MR) is 134 cm³/mol. The first-order valence-electron chi connectivity index (χ1n) is 11.2. The van der Waals surface area contributed by atoms with Gasteiger partial charge >= 0.3 is 23.7 Å². The molecule has 3 rings (SSSR count). The van der Waals surface area contributed by atoms with Gasteiger partial charge in [0.25, 0.3) is 0 Å². The van der Waals surface area contributed by atoms with Crippen LogP contribution in [0.1, 0.15) is 47.1 Å². The number of rotatable bonds is 5. The second-order valence-corrected chi connectivity index (χ2v) is 10.1. The zero-order valence-electron chi connectivity index (χ0n) is 21.1. The minimum Gasteiger partial charge on any atom is -0.459 e. The fourth-order valence-electron chi connectivity index (χ4n) is 3.35. The molecular weight excluding hydrogens is 450 g/mol. The van der Waals surface area contributed by atoms with Crippen LogP contribution >= 0.6 is 0 Å². The molecule has 186 valence electrons. The lowest BCUT2D eigenvalue weighted by molar-refractivity contribution is -0.152. The Labute approximate surface area is 204 Å². The van der Waals surface area contributed by atoms with Crippen molar-refractivity contribution in [3.8, 4) is 0 Å². The number of aromatic nitrogens is 1. The molecule has 9 nitrogen and oxygen atoms in total. The van der Waals surface area contributed by atoms with Crippen LogP contribution in [0.2, 0.25) is 0 Å². The Kier molecular flexibility index (Phi) is 7.19. The van der Waals surface area contributed by atoms with Gasteiger partial charge in [-0.05, 0) is 78.3 Å². The van der Waals surface area contributed by atoms with Crippen molar-refractivity contribution in [3.05, 3.63) is 58.4 Å². The van der Waals surface area contributed by atoms with E-state index in [1.807, 2.05) is 6.07 Å². The Morgan fingerprint density at radius 1 is 0.971 bits per heavy atom. The average Bonchev–Trinajstić information content (AvgIpc) is 2.71. The van der Waals surface area contributed by atoms with Crippen LogP contribution in [0.5, 0.6) is 0 Å². The quantitative estimate of drug-likeness (QED) is 0.487. The summed E-state index contributed by atoms with van der Waals surface area (Å²) in [5, 5.41) is 2.87. The molecule has 35 heavy (non-hydrogen) atoms. The molecule has 1 amide bonds. The minimum absolute atomic E-state index is 0.0492. The zero-order valence-corrected chi connectivity index (χ0v) is 21.1. The Hall–Kier alpha value is -3.88.